The summed E-state index contributed by atoms with van der Waals surface area (Å²) >= 11 is 0. The van der Waals surface area contributed by atoms with Gasteiger partial charge >= 0.3 is 0 Å². The van der Waals surface area contributed by atoms with E-state index < -0.39 is 5.82 Å². The molecule has 0 spiro atoms. The van der Waals surface area contributed by atoms with Crippen LogP contribution in [0.3, 0.4) is 0 Å². The fourth-order valence-electron chi connectivity index (χ4n) is 3.65. The van der Waals surface area contributed by atoms with Crippen LogP contribution >= 0.6 is 0 Å². The number of nitrogens with zero attached hydrogens (tertiary/aromatic N) is 5. The minimum Gasteiger partial charge on any atom is -0.338 e. The topological polar surface area (TPSA) is 63.9 Å². The van der Waals surface area contributed by atoms with Crippen LogP contribution in [0, 0.1) is 12.7 Å². The van der Waals surface area contributed by atoms with E-state index in [1.54, 1.807) is 35.6 Å². The monoisotopic (exact) mass is 379 g/mol. The molecule has 1 amide bonds. The van der Waals surface area contributed by atoms with Crippen molar-refractivity contribution in [1.29, 1.82) is 0 Å². The number of aromatic nitrogens is 4. The van der Waals surface area contributed by atoms with Gasteiger partial charge in [0.2, 0.25) is 0 Å². The first-order valence-electron chi connectivity index (χ1n) is 9.39. The Kier molecular flexibility index (Phi) is 4.90. The predicted octanol–water partition coefficient (Wildman–Crippen LogP) is 3.34. The van der Waals surface area contributed by atoms with Gasteiger partial charge < -0.3 is 9.47 Å². The van der Waals surface area contributed by atoms with E-state index in [1.807, 2.05) is 18.5 Å². The summed E-state index contributed by atoms with van der Waals surface area (Å²) in [4.78, 5) is 28.0. The molecule has 6 nitrogen and oxygen atoms in total. The lowest BCUT2D eigenvalue weighted by Crippen LogP contribution is -2.39. The van der Waals surface area contributed by atoms with E-state index in [9.17, 15) is 9.18 Å². The molecule has 0 bridgehead atoms. The molecule has 0 aliphatic carbocycles. The maximum atomic E-state index is 14.0. The van der Waals surface area contributed by atoms with Crippen LogP contribution < -0.4 is 0 Å². The third-order valence-electron chi connectivity index (χ3n) is 5.37. The highest BCUT2D eigenvalue weighted by Gasteiger charge is 2.28. The number of halogens is 1. The minimum absolute atomic E-state index is 0.0752. The first-order chi connectivity index (χ1) is 13.5. The molecule has 3 heterocycles. The van der Waals surface area contributed by atoms with Crippen LogP contribution in [0.2, 0.25) is 0 Å². The molecular formula is C21H22FN5O. The highest BCUT2D eigenvalue weighted by atomic mass is 19.1. The molecule has 0 N–H and O–H groups in total. The van der Waals surface area contributed by atoms with Crippen molar-refractivity contribution in [2.45, 2.75) is 25.7 Å². The highest BCUT2D eigenvalue weighted by Crippen LogP contribution is 2.28. The Bertz CT molecular complexity index is 1020. The fraction of sp³-hybridized carbons (Fsp3) is 0.333. The van der Waals surface area contributed by atoms with Crippen LogP contribution in [0.15, 0.2) is 42.9 Å². The molecule has 4 rings (SSSR count). The molecule has 3 aromatic rings. The van der Waals surface area contributed by atoms with Crippen LogP contribution in [-0.4, -0.2) is 43.4 Å². The molecule has 2 aromatic heterocycles. The standard InChI is InChI=1S/C21H22FN5O/c1-14-24-12-20(26(14)2)19-11-23-10-18(25-19)15-6-5-9-27(13-15)21(28)16-7-3-4-8-17(16)22/h3-4,7-8,10-12,15H,5-6,9,13H2,1-2H3. The zero-order valence-electron chi connectivity index (χ0n) is 16.0. The summed E-state index contributed by atoms with van der Waals surface area (Å²) in [5.41, 5.74) is 2.64. The van der Waals surface area contributed by atoms with Gasteiger partial charge in [-0.05, 0) is 31.9 Å². The Morgan fingerprint density at radius 3 is 2.79 bits per heavy atom. The van der Waals surface area contributed by atoms with Gasteiger partial charge in [-0.25, -0.2) is 14.4 Å². The fourth-order valence-corrected chi connectivity index (χ4v) is 3.65. The Morgan fingerprint density at radius 2 is 2.04 bits per heavy atom. The minimum atomic E-state index is -0.483. The third-order valence-corrected chi connectivity index (χ3v) is 5.37. The molecule has 0 radical (unpaired) electrons. The van der Waals surface area contributed by atoms with Gasteiger partial charge in [-0.15, -0.1) is 0 Å². The van der Waals surface area contributed by atoms with Gasteiger partial charge in [0.25, 0.3) is 5.91 Å². The number of aryl methyl sites for hydroxylation is 1. The van der Waals surface area contributed by atoms with Crippen molar-refractivity contribution in [3.05, 3.63) is 65.8 Å². The number of amides is 1. The predicted molar refractivity (Wildman–Crippen MR) is 103 cm³/mol. The zero-order chi connectivity index (χ0) is 19.7. The number of carbonyl (C=O) groups is 1. The van der Waals surface area contributed by atoms with Gasteiger partial charge in [-0.2, -0.15) is 0 Å². The van der Waals surface area contributed by atoms with E-state index in [0.29, 0.717) is 13.1 Å². The summed E-state index contributed by atoms with van der Waals surface area (Å²) in [7, 11) is 1.95. The van der Waals surface area contributed by atoms with E-state index >= 15 is 0 Å². The van der Waals surface area contributed by atoms with Crippen LogP contribution in [0.25, 0.3) is 11.4 Å². The van der Waals surface area contributed by atoms with Gasteiger partial charge in [0.05, 0.1) is 29.3 Å². The van der Waals surface area contributed by atoms with Crippen molar-refractivity contribution in [3.8, 4) is 11.4 Å². The lowest BCUT2D eigenvalue weighted by atomic mass is 9.94. The van der Waals surface area contributed by atoms with Crippen molar-refractivity contribution in [2.75, 3.05) is 13.1 Å². The summed E-state index contributed by atoms with van der Waals surface area (Å²) in [5.74, 6) is 0.227. The van der Waals surface area contributed by atoms with Gasteiger partial charge in [-0.3, -0.25) is 9.78 Å². The van der Waals surface area contributed by atoms with Gasteiger partial charge in [0.15, 0.2) is 0 Å². The highest BCUT2D eigenvalue weighted by molar-refractivity contribution is 5.94. The molecule has 28 heavy (non-hydrogen) atoms. The molecule has 1 aromatic carbocycles. The molecule has 7 heteroatoms. The zero-order valence-corrected chi connectivity index (χ0v) is 16.0. The van der Waals surface area contributed by atoms with E-state index in [0.717, 1.165) is 35.7 Å². The molecule has 1 aliphatic rings. The number of piperidine rings is 1. The Morgan fingerprint density at radius 1 is 1.21 bits per heavy atom. The van der Waals surface area contributed by atoms with E-state index in [4.69, 9.17) is 4.98 Å². The molecule has 0 saturated carbocycles. The average molecular weight is 379 g/mol. The second-order valence-electron chi connectivity index (χ2n) is 7.15. The summed E-state index contributed by atoms with van der Waals surface area (Å²) in [5, 5.41) is 0. The normalized spacial score (nSPS) is 17.0. The quantitative estimate of drug-likeness (QED) is 0.700. The summed E-state index contributed by atoms with van der Waals surface area (Å²) in [6, 6.07) is 6.13. The number of imidazole rings is 1. The maximum absolute atomic E-state index is 14.0. The average Bonchev–Trinajstić information content (AvgIpc) is 3.07. The van der Waals surface area contributed by atoms with Crippen molar-refractivity contribution < 1.29 is 9.18 Å². The third kappa shape index (κ3) is 3.40. The second-order valence-corrected chi connectivity index (χ2v) is 7.15. The molecular weight excluding hydrogens is 357 g/mol. The lowest BCUT2D eigenvalue weighted by Gasteiger charge is -2.32. The Balaban J connectivity index is 1.57. The smallest absolute Gasteiger partial charge is 0.256 e. The number of hydrogen-bond acceptors (Lipinski definition) is 4. The first-order valence-corrected chi connectivity index (χ1v) is 9.39. The molecule has 1 unspecified atom stereocenters. The number of rotatable bonds is 3. The summed E-state index contributed by atoms with van der Waals surface area (Å²) in [6.07, 6.45) is 7.04. The van der Waals surface area contributed by atoms with Gasteiger partial charge in [0, 0.05) is 32.3 Å². The summed E-state index contributed by atoms with van der Waals surface area (Å²) in [6.45, 7) is 3.07. The van der Waals surface area contributed by atoms with Crippen LogP contribution in [0.1, 0.15) is 40.6 Å². The Hall–Kier alpha value is -3.09. The van der Waals surface area contributed by atoms with E-state index in [-0.39, 0.29) is 17.4 Å². The molecule has 1 saturated heterocycles. The Labute approximate surface area is 163 Å². The number of hydrogen-bond donors (Lipinski definition) is 0. The van der Waals surface area contributed by atoms with Crippen LogP contribution in [0.5, 0.6) is 0 Å². The largest absolute Gasteiger partial charge is 0.338 e. The van der Waals surface area contributed by atoms with Crippen LogP contribution in [0.4, 0.5) is 4.39 Å². The maximum Gasteiger partial charge on any atom is 0.256 e. The summed E-state index contributed by atoms with van der Waals surface area (Å²) < 4.78 is 16.0. The molecule has 1 fully saturated rings. The van der Waals surface area contributed by atoms with E-state index in [1.165, 1.54) is 12.1 Å². The first kappa shape index (κ1) is 18.3. The van der Waals surface area contributed by atoms with Crippen molar-refractivity contribution >= 4 is 5.91 Å². The number of likely N-dealkylation sites (tertiary alicyclic amines) is 1. The lowest BCUT2D eigenvalue weighted by molar-refractivity contribution is 0.0701. The SMILES string of the molecule is Cc1ncc(-c2cncc(C3CCCN(C(=O)c4ccccc4F)C3)n2)n1C. The molecule has 1 atom stereocenters. The van der Waals surface area contributed by atoms with Crippen molar-refractivity contribution in [1.82, 2.24) is 24.4 Å². The second kappa shape index (κ2) is 7.50. The molecule has 1 aliphatic heterocycles. The van der Waals surface area contributed by atoms with Gasteiger partial charge in [-0.1, -0.05) is 12.1 Å². The van der Waals surface area contributed by atoms with Crippen molar-refractivity contribution in [3.63, 3.8) is 0 Å². The van der Waals surface area contributed by atoms with Crippen molar-refractivity contribution in [2.24, 2.45) is 7.05 Å². The van der Waals surface area contributed by atoms with Crippen LogP contribution in [-0.2, 0) is 7.05 Å². The van der Waals surface area contributed by atoms with Gasteiger partial charge in [0.1, 0.15) is 17.3 Å². The number of benzene rings is 1. The molecule has 144 valence electrons. The number of carbonyl (C=O) groups excluding carboxylic acids is 1. The van der Waals surface area contributed by atoms with E-state index in [2.05, 4.69) is 9.97 Å².